The maximum Gasteiger partial charge on any atom is 0.408 e. The number of ether oxygens (including phenoxy) is 1. The van der Waals surface area contributed by atoms with Crippen molar-refractivity contribution in [1.82, 2.24) is 15.3 Å². The number of rotatable bonds is 4. The summed E-state index contributed by atoms with van der Waals surface area (Å²) in [5, 5.41) is 11.4. The van der Waals surface area contributed by atoms with Crippen LogP contribution >= 0.6 is 0 Å². The molecule has 0 bridgehead atoms. The number of nitrogens with zero attached hydrogens (tertiary/aromatic N) is 1. The molecule has 1 aromatic rings. The van der Waals surface area contributed by atoms with Gasteiger partial charge in [0.25, 0.3) is 0 Å². The van der Waals surface area contributed by atoms with Crippen molar-refractivity contribution in [2.24, 2.45) is 0 Å². The van der Waals surface area contributed by atoms with E-state index in [1.54, 1.807) is 33.9 Å². The van der Waals surface area contributed by atoms with Crippen LogP contribution in [-0.4, -0.2) is 38.8 Å². The van der Waals surface area contributed by atoms with Crippen LogP contribution in [0.15, 0.2) is 6.20 Å². The number of aryl methyl sites for hydroxylation is 1. The highest BCUT2D eigenvalue weighted by Crippen LogP contribution is 2.08. The molecule has 0 saturated carbocycles. The molecule has 1 unspecified atom stereocenters. The molecule has 1 atom stereocenters. The number of carboxylic acid groups (broad SMARTS) is 1. The smallest absolute Gasteiger partial charge is 0.408 e. The Morgan fingerprint density at radius 3 is 2.58 bits per heavy atom. The van der Waals surface area contributed by atoms with Crippen LogP contribution in [0.25, 0.3) is 0 Å². The van der Waals surface area contributed by atoms with Gasteiger partial charge in [-0.25, -0.2) is 14.6 Å². The third-order valence-electron chi connectivity index (χ3n) is 2.17. The first-order chi connectivity index (χ1) is 8.67. The average Bonchev–Trinajstić information content (AvgIpc) is 2.60. The highest BCUT2D eigenvalue weighted by atomic mass is 16.6. The predicted molar refractivity (Wildman–Crippen MR) is 67.8 cm³/mol. The van der Waals surface area contributed by atoms with E-state index in [1.165, 1.54) is 0 Å². The second kappa shape index (κ2) is 5.73. The number of nitrogens with one attached hydrogen (secondary N) is 2. The summed E-state index contributed by atoms with van der Waals surface area (Å²) in [5.74, 6) is -0.436. The second-order valence-corrected chi connectivity index (χ2v) is 5.24. The van der Waals surface area contributed by atoms with Crippen LogP contribution in [0, 0.1) is 6.92 Å². The summed E-state index contributed by atoms with van der Waals surface area (Å²) in [6, 6.07) is -1.06. The third-order valence-corrected chi connectivity index (χ3v) is 2.17. The molecule has 106 valence electrons. The first-order valence-corrected chi connectivity index (χ1v) is 5.90. The molecule has 1 rings (SSSR count). The number of hydrogen-bond acceptors (Lipinski definition) is 4. The summed E-state index contributed by atoms with van der Waals surface area (Å²) >= 11 is 0. The van der Waals surface area contributed by atoms with Crippen molar-refractivity contribution >= 4 is 12.1 Å². The van der Waals surface area contributed by atoms with Crippen LogP contribution in [0.5, 0.6) is 0 Å². The van der Waals surface area contributed by atoms with Gasteiger partial charge < -0.3 is 20.1 Å². The molecule has 0 aliphatic heterocycles. The van der Waals surface area contributed by atoms with Crippen molar-refractivity contribution in [3.63, 3.8) is 0 Å². The van der Waals surface area contributed by atoms with Gasteiger partial charge in [0, 0.05) is 18.3 Å². The van der Waals surface area contributed by atoms with Crippen LogP contribution in [0.3, 0.4) is 0 Å². The van der Waals surface area contributed by atoms with E-state index in [-0.39, 0.29) is 6.42 Å². The highest BCUT2D eigenvalue weighted by Gasteiger charge is 2.24. The van der Waals surface area contributed by atoms with E-state index < -0.39 is 23.7 Å². The lowest BCUT2D eigenvalue weighted by atomic mass is 10.1. The fraction of sp³-hybridized carbons (Fsp3) is 0.583. The topological polar surface area (TPSA) is 104 Å². The zero-order valence-corrected chi connectivity index (χ0v) is 11.5. The molecule has 0 fully saturated rings. The van der Waals surface area contributed by atoms with Crippen LogP contribution in [0.2, 0.25) is 0 Å². The lowest BCUT2D eigenvalue weighted by molar-refractivity contribution is -0.139. The standard InChI is InChI=1S/C12H19N3O4/c1-7-13-6-8(14-7)5-9(10(16)17)15-11(18)19-12(2,3)4/h6,9H,5H2,1-4H3,(H,13,14)(H,15,18)(H,16,17). The van der Waals surface area contributed by atoms with Gasteiger partial charge in [0.05, 0.1) is 0 Å². The number of H-pyrrole nitrogens is 1. The summed E-state index contributed by atoms with van der Waals surface area (Å²) in [7, 11) is 0. The molecular weight excluding hydrogens is 250 g/mol. The number of hydrogen-bond donors (Lipinski definition) is 3. The largest absolute Gasteiger partial charge is 0.480 e. The van der Waals surface area contributed by atoms with E-state index in [9.17, 15) is 9.59 Å². The van der Waals surface area contributed by atoms with Gasteiger partial charge in [0.15, 0.2) is 0 Å². The molecule has 0 aromatic carbocycles. The first kappa shape index (κ1) is 15.0. The zero-order valence-electron chi connectivity index (χ0n) is 11.5. The Morgan fingerprint density at radius 1 is 1.53 bits per heavy atom. The molecule has 3 N–H and O–H groups in total. The van der Waals surface area contributed by atoms with Gasteiger partial charge in [-0.15, -0.1) is 0 Å². The molecule has 1 aromatic heterocycles. The summed E-state index contributed by atoms with van der Waals surface area (Å²) in [4.78, 5) is 29.5. The van der Waals surface area contributed by atoms with Gasteiger partial charge in [-0.1, -0.05) is 0 Å². The van der Waals surface area contributed by atoms with Crippen molar-refractivity contribution in [3.8, 4) is 0 Å². The van der Waals surface area contributed by atoms with Crippen LogP contribution < -0.4 is 5.32 Å². The Kier molecular flexibility index (Phi) is 4.52. The van der Waals surface area contributed by atoms with E-state index in [4.69, 9.17) is 9.84 Å². The number of alkyl carbamates (subject to hydrolysis) is 1. The number of aromatic nitrogens is 2. The number of carbonyl (C=O) groups excluding carboxylic acids is 1. The normalized spacial score (nSPS) is 12.8. The molecule has 0 aliphatic carbocycles. The Bertz CT molecular complexity index is 462. The average molecular weight is 269 g/mol. The van der Waals surface area contributed by atoms with E-state index in [2.05, 4.69) is 15.3 Å². The van der Waals surface area contributed by atoms with Crippen LogP contribution in [-0.2, 0) is 16.0 Å². The molecule has 1 amide bonds. The molecule has 7 heteroatoms. The Morgan fingerprint density at radius 2 is 2.16 bits per heavy atom. The zero-order chi connectivity index (χ0) is 14.6. The number of imidazole rings is 1. The molecule has 0 radical (unpaired) electrons. The van der Waals surface area contributed by atoms with Crippen molar-refractivity contribution in [2.75, 3.05) is 0 Å². The monoisotopic (exact) mass is 269 g/mol. The molecule has 1 heterocycles. The molecule has 0 saturated heterocycles. The van der Waals surface area contributed by atoms with Crippen molar-refractivity contribution in [3.05, 3.63) is 17.7 Å². The summed E-state index contributed by atoms with van der Waals surface area (Å²) < 4.78 is 5.02. The maximum atomic E-state index is 11.5. The Hall–Kier alpha value is -2.05. The number of amides is 1. The van der Waals surface area contributed by atoms with Crippen molar-refractivity contribution < 1.29 is 19.4 Å². The first-order valence-electron chi connectivity index (χ1n) is 5.90. The van der Waals surface area contributed by atoms with Gasteiger partial charge in [-0.05, 0) is 27.7 Å². The number of aromatic amines is 1. The van der Waals surface area contributed by atoms with Gasteiger partial charge in [-0.2, -0.15) is 0 Å². The quantitative estimate of drug-likeness (QED) is 0.762. The van der Waals surface area contributed by atoms with Crippen LogP contribution in [0.4, 0.5) is 4.79 Å². The van der Waals surface area contributed by atoms with E-state index >= 15 is 0 Å². The predicted octanol–water partition coefficient (Wildman–Crippen LogP) is 1.24. The number of carboxylic acids is 1. The van der Waals surface area contributed by atoms with Gasteiger partial charge in [-0.3, -0.25) is 0 Å². The minimum absolute atomic E-state index is 0.120. The van der Waals surface area contributed by atoms with Crippen LogP contribution in [0.1, 0.15) is 32.3 Å². The van der Waals surface area contributed by atoms with Crippen molar-refractivity contribution in [1.29, 1.82) is 0 Å². The lowest BCUT2D eigenvalue weighted by Crippen LogP contribution is -2.44. The summed E-state index contributed by atoms with van der Waals surface area (Å²) in [6.45, 7) is 6.89. The Labute approximate surface area is 111 Å². The molecule has 0 aliphatic rings. The van der Waals surface area contributed by atoms with E-state index in [0.29, 0.717) is 11.5 Å². The summed E-state index contributed by atoms with van der Waals surface area (Å²) in [6.07, 6.45) is 0.911. The fourth-order valence-electron chi connectivity index (χ4n) is 1.45. The summed E-state index contributed by atoms with van der Waals surface area (Å²) in [5.41, 5.74) is -0.0292. The van der Waals surface area contributed by atoms with E-state index in [0.717, 1.165) is 0 Å². The maximum absolute atomic E-state index is 11.5. The molecule has 7 nitrogen and oxygen atoms in total. The third kappa shape index (κ3) is 5.41. The SMILES string of the molecule is Cc1ncc(CC(NC(=O)OC(C)(C)C)C(=O)O)[nH]1. The number of carbonyl (C=O) groups is 2. The molecule has 0 spiro atoms. The second-order valence-electron chi connectivity index (χ2n) is 5.24. The van der Waals surface area contributed by atoms with Gasteiger partial charge >= 0.3 is 12.1 Å². The lowest BCUT2D eigenvalue weighted by Gasteiger charge is -2.21. The Balaban J connectivity index is 2.63. The highest BCUT2D eigenvalue weighted by molar-refractivity contribution is 5.80. The van der Waals surface area contributed by atoms with Gasteiger partial charge in [0.1, 0.15) is 17.5 Å². The van der Waals surface area contributed by atoms with E-state index in [1.807, 2.05) is 0 Å². The van der Waals surface area contributed by atoms with Gasteiger partial charge in [0.2, 0.25) is 0 Å². The van der Waals surface area contributed by atoms with Crippen molar-refractivity contribution in [2.45, 2.75) is 45.8 Å². The minimum atomic E-state index is -1.13. The fourth-order valence-corrected chi connectivity index (χ4v) is 1.45. The number of aliphatic carboxylic acids is 1. The molecule has 19 heavy (non-hydrogen) atoms. The molecular formula is C12H19N3O4. The minimum Gasteiger partial charge on any atom is -0.480 e.